The Hall–Kier alpha value is -2.00. The number of hydrogen-bond acceptors (Lipinski definition) is 3. The molecule has 1 aliphatic carbocycles. The fourth-order valence-electron chi connectivity index (χ4n) is 5.19. The van der Waals surface area contributed by atoms with Gasteiger partial charge >= 0.3 is 0 Å². The zero-order valence-electron chi connectivity index (χ0n) is 19.4. The number of benzene rings is 1. The minimum absolute atomic E-state index is 0.147. The summed E-state index contributed by atoms with van der Waals surface area (Å²) in [5.41, 5.74) is 5.30. The number of amides is 1. The van der Waals surface area contributed by atoms with E-state index in [1.54, 1.807) is 6.20 Å². The normalized spacial score (nSPS) is 18.1. The number of rotatable bonds is 3. The third kappa shape index (κ3) is 5.12. The molecule has 1 unspecified atom stereocenters. The second-order valence-corrected chi connectivity index (χ2v) is 11.4. The Balaban J connectivity index is 1.43. The summed E-state index contributed by atoms with van der Waals surface area (Å²) in [6.45, 7) is 2.72. The molecule has 1 aliphatic heterocycles. The van der Waals surface area contributed by atoms with Crippen LogP contribution in [0.25, 0.3) is 0 Å². The van der Waals surface area contributed by atoms with Gasteiger partial charge in [-0.1, -0.05) is 27.5 Å². The summed E-state index contributed by atoms with van der Waals surface area (Å²) in [7, 11) is 1.97. The number of fused-ring (bicyclic) bond motifs is 2. The number of carbonyl (C=O) groups excluding carboxylic acids is 1. The monoisotopic (exact) mass is 620 g/mol. The fourth-order valence-corrected chi connectivity index (χ4v) is 6.75. The second-order valence-electron chi connectivity index (χ2n) is 9.24. The van der Waals surface area contributed by atoms with Gasteiger partial charge in [0.1, 0.15) is 13.1 Å². The van der Waals surface area contributed by atoms with Gasteiger partial charge in [0, 0.05) is 58.1 Å². The lowest BCUT2D eigenvalue weighted by atomic mass is 9.96. The zero-order chi connectivity index (χ0) is 24.7. The highest BCUT2D eigenvalue weighted by atomic mass is 79.9. The summed E-state index contributed by atoms with van der Waals surface area (Å²) >= 11 is 13.7. The molecule has 1 N–H and O–H groups in total. The average molecular weight is 623 g/mol. The van der Waals surface area contributed by atoms with Crippen LogP contribution < -0.4 is 9.30 Å². The third-order valence-electron chi connectivity index (χ3n) is 6.94. The van der Waals surface area contributed by atoms with E-state index in [-0.39, 0.29) is 11.9 Å². The molecule has 35 heavy (non-hydrogen) atoms. The molecule has 9 heteroatoms. The molecule has 1 atom stereocenters. The van der Waals surface area contributed by atoms with Crippen LogP contribution in [-0.2, 0) is 31.1 Å². The number of piperazine rings is 1. The Morgan fingerprint density at radius 2 is 1.77 bits per heavy atom. The molecule has 0 spiro atoms. The van der Waals surface area contributed by atoms with Crippen LogP contribution in [0.2, 0.25) is 5.02 Å². The van der Waals surface area contributed by atoms with E-state index < -0.39 is 0 Å². The van der Waals surface area contributed by atoms with Gasteiger partial charge in [-0.3, -0.25) is 14.9 Å². The Kier molecular flexibility index (Phi) is 7.17. The van der Waals surface area contributed by atoms with Crippen molar-refractivity contribution in [2.75, 3.05) is 26.2 Å². The number of carbonyl (C=O) groups is 1. The van der Waals surface area contributed by atoms with E-state index in [0.29, 0.717) is 37.6 Å². The first kappa shape index (κ1) is 24.7. The summed E-state index contributed by atoms with van der Waals surface area (Å²) in [6.07, 6.45) is 7.67. The summed E-state index contributed by atoms with van der Waals surface area (Å²) in [6, 6.07) is 9.90. The number of halogens is 3. The maximum Gasteiger partial charge on any atom is 0.258 e. The number of hydrogen-bond donors (Lipinski definition) is 1. The number of pyridine rings is 2. The van der Waals surface area contributed by atoms with Crippen molar-refractivity contribution in [1.29, 1.82) is 0 Å². The van der Waals surface area contributed by atoms with Crippen LogP contribution in [0.15, 0.2) is 57.9 Å². The van der Waals surface area contributed by atoms with Gasteiger partial charge in [-0.15, -0.1) is 0 Å². The standard InChI is InChI=1S/C26H27Br2ClN4O2/c1-30-6-4-17(5-7-30)12-23(34)31-8-10-32(11-9-31)26-24-18(14-21(29)15-22(24)28)2-3-19-13-20(27)16-33(35)25(19)26/h4-7,13-16,26,35H,2-3,8-12H2,1H3/q+2. The molecule has 6 nitrogen and oxygen atoms in total. The van der Waals surface area contributed by atoms with Crippen LogP contribution in [-0.4, -0.2) is 47.1 Å². The van der Waals surface area contributed by atoms with Gasteiger partial charge < -0.3 is 4.90 Å². The molecule has 3 aromatic rings. The molecular formula is C26H27Br2ClN4O2+2. The maximum absolute atomic E-state index is 13.0. The minimum atomic E-state index is -0.154. The van der Waals surface area contributed by atoms with Gasteiger partial charge in [-0.05, 0) is 63.7 Å². The third-order valence-corrected chi connectivity index (χ3v) is 8.25. The first-order valence-corrected chi connectivity index (χ1v) is 13.6. The van der Waals surface area contributed by atoms with Crippen LogP contribution in [0, 0.1) is 0 Å². The van der Waals surface area contributed by atoms with Gasteiger partial charge in [0.05, 0.1) is 10.9 Å². The maximum atomic E-state index is 13.0. The highest BCUT2D eigenvalue weighted by molar-refractivity contribution is 9.10. The molecule has 0 radical (unpaired) electrons. The molecule has 1 amide bonds. The fraction of sp³-hybridized carbons (Fsp3) is 0.346. The molecule has 5 rings (SSSR count). The van der Waals surface area contributed by atoms with E-state index in [2.05, 4.69) is 42.8 Å². The topological polar surface area (TPSA) is 51.5 Å². The molecule has 1 saturated heterocycles. The van der Waals surface area contributed by atoms with Gasteiger partial charge in [-0.2, -0.15) is 0 Å². The van der Waals surface area contributed by atoms with Crippen molar-refractivity contribution in [2.24, 2.45) is 7.05 Å². The van der Waals surface area contributed by atoms with Gasteiger partial charge in [0.15, 0.2) is 12.4 Å². The van der Waals surface area contributed by atoms with E-state index in [0.717, 1.165) is 44.2 Å². The molecule has 2 aromatic heterocycles. The predicted molar refractivity (Wildman–Crippen MR) is 139 cm³/mol. The van der Waals surface area contributed by atoms with Crippen molar-refractivity contribution in [3.05, 3.63) is 90.8 Å². The molecule has 1 aromatic carbocycles. The van der Waals surface area contributed by atoms with Gasteiger partial charge in [-0.25, -0.2) is 4.57 Å². The van der Waals surface area contributed by atoms with Crippen LogP contribution in [0.4, 0.5) is 0 Å². The van der Waals surface area contributed by atoms with E-state index in [1.807, 2.05) is 53.2 Å². The van der Waals surface area contributed by atoms with Crippen molar-refractivity contribution in [3.63, 3.8) is 0 Å². The minimum Gasteiger partial charge on any atom is -0.340 e. The Morgan fingerprint density at radius 3 is 2.49 bits per heavy atom. The molecular weight excluding hydrogens is 596 g/mol. The van der Waals surface area contributed by atoms with E-state index in [9.17, 15) is 10.0 Å². The van der Waals surface area contributed by atoms with Gasteiger partial charge in [0.2, 0.25) is 12.1 Å². The van der Waals surface area contributed by atoms with Crippen molar-refractivity contribution in [3.8, 4) is 0 Å². The Labute approximate surface area is 227 Å². The highest BCUT2D eigenvalue weighted by Crippen LogP contribution is 2.41. The van der Waals surface area contributed by atoms with E-state index >= 15 is 0 Å². The van der Waals surface area contributed by atoms with Crippen LogP contribution >= 0.6 is 43.5 Å². The Morgan fingerprint density at radius 1 is 1.09 bits per heavy atom. The SMILES string of the molecule is C[n+]1ccc(CC(=O)N2CCN(C3c4c(Br)cc(Cl)cc4CCc4cc(Br)c[n+](O)c43)CC2)cc1. The van der Waals surface area contributed by atoms with Crippen LogP contribution in [0.3, 0.4) is 0 Å². The smallest absolute Gasteiger partial charge is 0.258 e. The first-order valence-electron chi connectivity index (χ1n) is 11.7. The lowest BCUT2D eigenvalue weighted by Gasteiger charge is -2.38. The summed E-state index contributed by atoms with van der Waals surface area (Å²) in [5.74, 6) is 0.147. The number of aryl methyl sites for hydroxylation is 3. The zero-order valence-corrected chi connectivity index (χ0v) is 23.4. The van der Waals surface area contributed by atoms with E-state index in [4.69, 9.17) is 11.6 Å². The molecule has 2 aliphatic rings. The van der Waals surface area contributed by atoms with Crippen molar-refractivity contribution < 1.29 is 19.3 Å². The number of nitrogens with zero attached hydrogens (tertiary/aromatic N) is 4. The van der Waals surface area contributed by atoms with Crippen molar-refractivity contribution in [2.45, 2.75) is 25.3 Å². The quantitative estimate of drug-likeness (QED) is 0.358. The second kappa shape index (κ2) is 10.2. The lowest BCUT2D eigenvalue weighted by Crippen LogP contribution is -2.52. The highest BCUT2D eigenvalue weighted by Gasteiger charge is 2.40. The van der Waals surface area contributed by atoms with Crippen LogP contribution in [0.1, 0.15) is 34.0 Å². The number of aromatic nitrogens is 2. The predicted octanol–water partition coefficient (Wildman–Crippen LogP) is 3.79. The summed E-state index contributed by atoms with van der Waals surface area (Å²) < 4.78 is 5.00. The molecule has 3 heterocycles. The van der Waals surface area contributed by atoms with Crippen molar-refractivity contribution in [1.82, 2.24) is 9.80 Å². The van der Waals surface area contributed by atoms with E-state index in [1.165, 1.54) is 10.3 Å². The largest absolute Gasteiger partial charge is 0.340 e. The lowest BCUT2D eigenvalue weighted by molar-refractivity contribution is -0.911. The first-order chi connectivity index (χ1) is 16.8. The Bertz CT molecular complexity index is 1220. The molecule has 182 valence electrons. The molecule has 0 bridgehead atoms. The summed E-state index contributed by atoms with van der Waals surface area (Å²) in [5, 5.41) is 11.7. The average Bonchev–Trinajstić information content (AvgIpc) is 2.98. The summed E-state index contributed by atoms with van der Waals surface area (Å²) in [4.78, 5) is 17.3. The molecule has 0 saturated carbocycles. The molecule has 1 fully saturated rings. The van der Waals surface area contributed by atoms with Crippen LogP contribution in [0.5, 0.6) is 0 Å². The van der Waals surface area contributed by atoms with Gasteiger partial charge in [0.25, 0.3) is 5.69 Å². The van der Waals surface area contributed by atoms with Crippen molar-refractivity contribution >= 4 is 49.4 Å².